The molecule has 0 bridgehead atoms. The second-order valence-electron chi connectivity index (χ2n) is 8.34. The summed E-state index contributed by atoms with van der Waals surface area (Å²) in [5.41, 5.74) is 0.214. The summed E-state index contributed by atoms with van der Waals surface area (Å²) in [7, 11) is 4.53. The third kappa shape index (κ3) is 4.38. The third-order valence-electron chi connectivity index (χ3n) is 6.55. The van der Waals surface area contributed by atoms with Crippen molar-refractivity contribution in [2.45, 2.75) is 38.1 Å². The largest absolute Gasteiger partial charge is 0.493 e. The fourth-order valence-corrected chi connectivity index (χ4v) is 4.61. The van der Waals surface area contributed by atoms with Crippen molar-refractivity contribution in [3.63, 3.8) is 0 Å². The van der Waals surface area contributed by atoms with Crippen LogP contribution in [-0.4, -0.2) is 38.7 Å². The highest BCUT2D eigenvalue weighted by Gasteiger charge is 2.53. The lowest BCUT2D eigenvalue weighted by atomic mass is 9.62. The molecular formula is C25H31NO5. The van der Waals surface area contributed by atoms with E-state index >= 15 is 0 Å². The number of nitrogens with one attached hydrogen (secondary N) is 1. The standard InChI is InChI=1S/C25H31NO5/c1-16-13-20(19-11-12-21(29-3)22(14-19)30-4)25(15-17(16)2,24(28)31-5)26-23(27)18-9-7-6-8-10-18/h6-12,14,16-17,20H,13,15H2,1-5H3,(H,26,27)/t16-,17+,20+,25+/m0/s1. The van der Waals surface area contributed by atoms with Gasteiger partial charge >= 0.3 is 5.97 Å². The number of ether oxygens (including phenoxy) is 3. The Balaban J connectivity index is 2.10. The van der Waals surface area contributed by atoms with Crippen molar-refractivity contribution in [1.29, 1.82) is 0 Å². The van der Waals surface area contributed by atoms with E-state index in [0.717, 1.165) is 12.0 Å². The first-order valence-corrected chi connectivity index (χ1v) is 10.5. The normalized spacial score (nSPS) is 25.4. The van der Waals surface area contributed by atoms with Crippen molar-refractivity contribution in [3.05, 3.63) is 59.7 Å². The molecule has 3 rings (SSSR count). The highest BCUT2D eigenvalue weighted by Crippen LogP contribution is 2.48. The van der Waals surface area contributed by atoms with Crippen LogP contribution in [0.25, 0.3) is 0 Å². The Morgan fingerprint density at radius 1 is 0.935 bits per heavy atom. The molecule has 0 unspecified atom stereocenters. The van der Waals surface area contributed by atoms with Crippen LogP contribution in [0, 0.1) is 11.8 Å². The van der Waals surface area contributed by atoms with E-state index in [1.54, 1.807) is 38.5 Å². The molecule has 1 N–H and O–H groups in total. The van der Waals surface area contributed by atoms with E-state index in [2.05, 4.69) is 19.2 Å². The molecule has 6 heteroatoms. The predicted molar refractivity (Wildman–Crippen MR) is 119 cm³/mol. The van der Waals surface area contributed by atoms with E-state index in [4.69, 9.17) is 14.2 Å². The predicted octanol–water partition coefficient (Wildman–Crippen LogP) is 4.20. The van der Waals surface area contributed by atoms with Crippen LogP contribution in [0.1, 0.15) is 48.5 Å². The highest BCUT2D eigenvalue weighted by atomic mass is 16.5. The molecule has 1 aliphatic carbocycles. The number of benzene rings is 2. The number of methoxy groups -OCH3 is 3. The lowest BCUT2D eigenvalue weighted by Crippen LogP contribution is -2.62. The van der Waals surface area contributed by atoms with Gasteiger partial charge < -0.3 is 19.5 Å². The molecule has 1 amide bonds. The summed E-state index contributed by atoms with van der Waals surface area (Å²) in [5.74, 6) is 0.781. The maximum absolute atomic E-state index is 13.3. The van der Waals surface area contributed by atoms with Crippen LogP contribution in [0.3, 0.4) is 0 Å². The topological polar surface area (TPSA) is 73.9 Å². The van der Waals surface area contributed by atoms with E-state index in [1.807, 2.05) is 24.3 Å². The maximum atomic E-state index is 13.3. The molecule has 0 aromatic heterocycles. The molecule has 31 heavy (non-hydrogen) atoms. The molecule has 2 aromatic carbocycles. The van der Waals surface area contributed by atoms with Gasteiger partial charge in [-0.05, 0) is 54.5 Å². The van der Waals surface area contributed by atoms with Gasteiger partial charge in [-0.2, -0.15) is 0 Å². The molecule has 0 radical (unpaired) electrons. The van der Waals surface area contributed by atoms with Crippen LogP contribution < -0.4 is 14.8 Å². The molecule has 4 atom stereocenters. The molecule has 0 heterocycles. The van der Waals surface area contributed by atoms with Gasteiger partial charge in [-0.15, -0.1) is 0 Å². The molecule has 1 aliphatic rings. The summed E-state index contributed by atoms with van der Waals surface area (Å²) in [4.78, 5) is 26.4. The Kier molecular flexibility index (Phi) is 6.88. The van der Waals surface area contributed by atoms with Crippen LogP contribution in [0.5, 0.6) is 11.5 Å². The molecule has 6 nitrogen and oxygen atoms in total. The van der Waals surface area contributed by atoms with Crippen molar-refractivity contribution in [1.82, 2.24) is 5.32 Å². The lowest BCUT2D eigenvalue weighted by molar-refractivity contribution is -0.152. The number of hydrogen-bond donors (Lipinski definition) is 1. The van der Waals surface area contributed by atoms with E-state index in [0.29, 0.717) is 29.4 Å². The first-order chi connectivity index (χ1) is 14.9. The Morgan fingerprint density at radius 3 is 2.23 bits per heavy atom. The zero-order valence-corrected chi connectivity index (χ0v) is 18.8. The van der Waals surface area contributed by atoms with Crippen molar-refractivity contribution in [3.8, 4) is 11.5 Å². The van der Waals surface area contributed by atoms with Gasteiger partial charge in [-0.3, -0.25) is 4.79 Å². The molecule has 0 spiro atoms. The van der Waals surface area contributed by atoms with E-state index in [-0.39, 0.29) is 17.7 Å². The van der Waals surface area contributed by atoms with E-state index < -0.39 is 11.5 Å². The van der Waals surface area contributed by atoms with E-state index in [1.165, 1.54) is 7.11 Å². The van der Waals surface area contributed by atoms with Crippen molar-refractivity contribution in [2.75, 3.05) is 21.3 Å². The number of amides is 1. The Hall–Kier alpha value is -3.02. The van der Waals surface area contributed by atoms with Crippen molar-refractivity contribution >= 4 is 11.9 Å². The number of carbonyl (C=O) groups is 2. The average Bonchev–Trinajstić information content (AvgIpc) is 2.80. The molecular weight excluding hydrogens is 394 g/mol. The Labute approximate surface area is 183 Å². The van der Waals surface area contributed by atoms with Crippen LogP contribution in [0.4, 0.5) is 0 Å². The highest BCUT2D eigenvalue weighted by molar-refractivity contribution is 5.98. The minimum absolute atomic E-state index is 0.228. The van der Waals surface area contributed by atoms with Crippen LogP contribution in [0.2, 0.25) is 0 Å². The smallest absolute Gasteiger partial charge is 0.332 e. The van der Waals surface area contributed by atoms with Gasteiger partial charge in [0, 0.05) is 11.5 Å². The van der Waals surface area contributed by atoms with Crippen molar-refractivity contribution in [2.24, 2.45) is 11.8 Å². The van der Waals surface area contributed by atoms with Gasteiger partial charge in [0.1, 0.15) is 5.54 Å². The van der Waals surface area contributed by atoms with Gasteiger partial charge in [-0.25, -0.2) is 4.79 Å². The maximum Gasteiger partial charge on any atom is 0.332 e. The van der Waals surface area contributed by atoms with Crippen molar-refractivity contribution < 1.29 is 23.8 Å². The third-order valence-corrected chi connectivity index (χ3v) is 6.55. The van der Waals surface area contributed by atoms with Crippen LogP contribution >= 0.6 is 0 Å². The van der Waals surface area contributed by atoms with Gasteiger partial charge in [0.05, 0.1) is 21.3 Å². The summed E-state index contributed by atoms with van der Waals surface area (Å²) < 4.78 is 16.1. The minimum Gasteiger partial charge on any atom is -0.493 e. The second-order valence-corrected chi connectivity index (χ2v) is 8.34. The number of hydrogen-bond acceptors (Lipinski definition) is 5. The fourth-order valence-electron chi connectivity index (χ4n) is 4.61. The first kappa shape index (κ1) is 22.7. The quantitative estimate of drug-likeness (QED) is 0.703. The lowest BCUT2D eigenvalue weighted by Gasteiger charge is -2.47. The first-order valence-electron chi connectivity index (χ1n) is 10.5. The summed E-state index contributed by atoms with van der Waals surface area (Å²) in [6.07, 6.45) is 1.21. The summed E-state index contributed by atoms with van der Waals surface area (Å²) in [6.45, 7) is 4.29. The summed E-state index contributed by atoms with van der Waals surface area (Å²) in [6, 6.07) is 14.6. The average molecular weight is 426 g/mol. The zero-order chi connectivity index (χ0) is 22.6. The molecule has 0 saturated heterocycles. The Bertz CT molecular complexity index is 929. The summed E-state index contributed by atoms with van der Waals surface area (Å²) in [5, 5.41) is 3.08. The van der Waals surface area contributed by atoms with E-state index in [9.17, 15) is 9.59 Å². The Morgan fingerprint density at radius 2 is 1.61 bits per heavy atom. The minimum atomic E-state index is -1.19. The van der Waals surface area contributed by atoms with Crippen LogP contribution in [-0.2, 0) is 9.53 Å². The number of carbonyl (C=O) groups excluding carboxylic acids is 2. The van der Waals surface area contributed by atoms with Gasteiger partial charge in [-0.1, -0.05) is 38.1 Å². The monoisotopic (exact) mass is 425 g/mol. The number of esters is 1. The summed E-state index contributed by atoms with van der Waals surface area (Å²) >= 11 is 0. The molecule has 2 aromatic rings. The molecule has 166 valence electrons. The number of rotatable bonds is 6. The van der Waals surface area contributed by atoms with Crippen LogP contribution in [0.15, 0.2) is 48.5 Å². The van der Waals surface area contributed by atoms with Gasteiger partial charge in [0.15, 0.2) is 11.5 Å². The SMILES string of the molecule is COC(=O)[C@@]1(NC(=O)c2ccccc2)C[C@@H](C)[C@@H](C)C[C@@H]1c1ccc(OC)c(OC)c1. The molecule has 1 fully saturated rings. The zero-order valence-electron chi connectivity index (χ0n) is 18.8. The molecule has 0 aliphatic heterocycles. The van der Waals surface area contributed by atoms with Gasteiger partial charge in [0.25, 0.3) is 5.91 Å². The molecule has 1 saturated carbocycles. The second kappa shape index (κ2) is 9.41. The van der Waals surface area contributed by atoms with Gasteiger partial charge in [0.2, 0.25) is 0 Å². The fraction of sp³-hybridized carbons (Fsp3) is 0.440.